The fourth-order valence-electron chi connectivity index (χ4n) is 0.819. The summed E-state index contributed by atoms with van der Waals surface area (Å²) in [5, 5.41) is 8.31. The molecule has 60 valence electrons. The lowest BCUT2D eigenvalue weighted by molar-refractivity contribution is 0.112. The molecule has 0 spiro atoms. The third-order valence-corrected chi connectivity index (χ3v) is 1.38. The highest BCUT2D eigenvalue weighted by molar-refractivity contribution is 5.73. The molecule has 4 nitrogen and oxygen atoms in total. The van der Waals surface area contributed by atoms with E-state index in [1.165, 1.54) is 22.9 Å². The Morgan fingerprint density at radius 3 is 2.92 bits per heavy atom. The molecule has 0 aliphatic heterocycles. The normalized spacial score (nSPS) is 8.92. The molecule has 0 bridgehead atoms. The van der Waals surface area contributed by atoms with Gasteiger partial charge in [0.05, 0.1) is 6.07 Å². The van der Waals surface area contributed by atoms with E-state index in [9.17, 15) is 9.59 Å². The van der Waals surface area contributed by atoms with E-state index in [0.717, 1.165) is 0 Å². The largest absolute Gasteiger partial charge is 0.301 e. The van der Waals surface area contributed by atoms with Crippen molar-refractivity contribution in [1.29, 1.82) is 5.26 Å². The van der Waals surface area contributed by atoms with Crippen molar-refractivity contribution in [3.8, 4) is 6.07 Å². The first-order valence-electron chi connectivity index (χ1n) is 3.30. The zero-order valence-corrected chi connectivity index (χ0v) is 6.23. The number of pyridine rings is 1. The third kappa shape index (κ3) is 1.58. The van der Waals surface area contributed by atoms with Gasteiger partial charge in [-0.25, -0.2) is 0 Å². The maximum Gasteiger partial charge on any atom is 0.251 e. The Bertz CT molecular complexity index is 387. The molecule has 0 aromatic carbocycles. The zero-order valence-electron chi connectivity index (χ0n) is 6.23. The fourth-order valence-corrected chi connectivity index (χ4v) is 0.819. The lowest BCUT2D eigenvalue weighted by Gasteiger charge is -1.98. The molecule has 4 heteroatoms. The van der Waals surface area contributed by atoms with E-state index in [1.807, 2.05) is 6.07 Å². The van der Waals surface area contributed by atoms with Crippen LogP contribution in [0.1, 0.15) is 10.4 Å². The number of nitrogens with zero attached hydrogens (tertiary/aromatic N) is 2. The van der Waals surface area contributed by atoms with Crippen molar-refractivity contribution in [2.24, 2.45) is 0 Å². The number of hydrogen-bond acceptors (Lipinski definition) is 3. The highest BCUT2D eigenvalue weighted by Crippen LogP contribution is 1.90. The van der Waals surface area contributed by atoms with Crippen molar-refractivity contribution in [2.45, 2.75) is 6.54 Å². The molecule has 0 fully saturated rings. The van der Waals surface area contributed by atoms with E-state index in [-0.39, 0.29) is 12.1 Å². The molecule has 0 unspecified atom stereocenters. The highest BCUT2D eigenvalue weighted by atomic mass is 16.1. The van der Waals surface area contributed by atoms with Crippen molar-refractivity contribution in [3.63, 3.8) is 0 Å². The minimum Gasteiger partial charge on any atom is -0.301 e. The van der Waals surface area contributed by atoms with E-state index in [1.54, 1.807) is 0 Å². The van der Waals surface area contributed by atoms with Crippen LogP contribution < -0.4 is 5.56 Å². The molecule has 0 radical (unpaired) electrons. The van der Waals surface area contributed by atoms with Gasteiger partial charge < -0.3 is 4.57 Å². The molecule has 0 amide bonds. The smallest absolute Gasteiger partial charge is 0.251 e. The molecule has 0 aliphatic carbocycles. The van der Waals surface area contributed by atoms with Crippen LogP contribution >= 0.6 is 0 Å². The minimum absolute atomic E-state index is 0.0273. The molecule has 0 saturated heterocycles. The first-order valence-corrected chi connectivity index (χ1v) is 3.30. The van der Waals surface area contributed by atoms with Crippen molar-refractivity contribution in [2.75, 3.05) is 0 Å². The second-order valence-corrected chi connectivity index (χ2v) is 2.20. The molecule has 1 rings (SSSR count). The van der Waals surface area contributed by atoms with Crippen LogP contribution in [0.15, 0.2) is 23.1 Å². The molecule has 0 N–H and O–H groups in total. The van der Waals surface area contributed by atoms with E-state index in [0.29, 0.717) is 11.8 Å². The van der Waals surface area contributed by atoms with Gasteiger partial charge in [0.15, 0.2) is 6.29 Å². The Kier molecular flexibility index (Phi) is 2.38. The van der Waals surface area contributed by atoms with Gasteiger partial charge in [0.25, 0.3) is 5.56 Å². The van der Waals surface area contributed by atoms with Crippen LogP contribution in [0.5, 0.6) is 0 Å². The lowest BCUT2D eigenvalue weighted by atomic mass is 10.3. The van der Waals surface area contributed by atoms with Crippen LogP contribution in [0, 0.1) is 11.3 Å². The maximum atomic E-state index is 11.0. The molecular formula is C8H6N2O2. The monoisotopic (exact) mass is 162 g/mol. The molecular weight excluding hydrogens is 156 g/mol. The van der Waals surface area contributed by atoms with E-state index in [4.69, 9.17) is 5.26 Å². The van der Waals surface area contributed by atoms with Gasteiger partial charge in [-0.05, 0) is 6.07 Å². The van der Waals surface area contributed by atoms with Crippen LogP contribution in [-0.4, -0.2) is 10.9 Å². The Balaban J connectivity index is 3.18. The number of rotatable bonds is 2. The molecule has 0 saturated carbocycles. The number of hydrogen-bond donors (Lipinski definition) is 0. The molecule has 12 heavy (non-hydrogen) atoms. The predicted molar refractivity (Wildman–Crippen MR) is 41.7 cm³/mol. The van der Waals surface area contributed by atoms with Crippen LogP contribution in [0.25, 0.3) is 0 Å². The summed E-state index contributed by atoms with van der Waals surface area (Å²) < 4.78 is 1.18. The summed E-state index contributed by atoms with van der Waals surface area (Å²) in [7, 11) is 0. The summed E-state index contributed by atoms with van der Waals surface area (Å²) in [6.45, 7) is -0.0273. The van der Waals surface area contributed by atoms with Gasteiger partial charge in [0.2, 0.25) is 0 Å². The molecule has 1 aromatic heterocycles. The highest BCUT2D eigenvalue weighted by Gasteiger charge is 1.95. The molecule has 0 aliphatic rings. The first-order chi connectivity index (χ1) is 5.77. The topological polar surface area (TPSA) is 62.9 Å². The van der Waals surface area contributed by atoms with Crippen LogP contribution in [0.2, 0.25) is 0 Å². The molecule has 0 atom stereocenters. The van der Waals surface area contributed by atoms with Gasteiger partial charge >= 0.3 is 0 Å². The van der Waals surface area contributed by atoms with E-state index < -0.39 is 0 Å². The first kappa shape index (κ1) is 8.21. The number of aromatic nitrogens is 1. The Hall–Kier alpha value is -1.89. The zero-order chi connectivity index (χ0) is 8.97. The number of aldehydes is 1. The molecule has 1 heterocycles. The van der Waals surface area contributed by atoms with Gasteiger partial charge in [-0.15, -0.1) is 0 Å². The van der Waals surface area contributed by atoms with Gasteiger partial charge in [-0.2, -0.15) is 5.26 Å². The SMILES string of the molecule is N#CCn1cc(C=O)ccc1=O. The van der Waals surface area contributed by atoms with Gasteiger partial charge in [-0.1, -0.05) is 0 Å². The summed E-state index contributed by atoms with van der Waals surface area (Å²) in [5.41, 5.74) is 0.118. The Labute approximate surface area is 68.7 Å². The summed E-state index contributed by atoms with van der Waals surface area (Å²) in [5.74, 6) is 0. The van der Waals surface area contributed by atoms with Crippen molar-refractivity contribution >= 4 is 6.29 Å². The number of carbonyl (C=O) groups is 1. The Morgan fingerprint density at radius 1 is 1.58 bits per heavy atom. The summed E-state index contributed by atoms with van der Waals surface area (Å²) in [6.07, 6.45) is 1.99. The summed E-state index contributed by atoms with van der Waals surface area (Å²) >= 11 is 0. The maximum absolute atomic E-state index is 11.0. The van der Waals surface area contributed by atoms with Crippen molar-refractivity contribution < 1.29 is 4.79 Å². The second-order valence-electron chi connectivity index (χ2n) is 2.20. The molecule has 1 aromatic rings. The third-order valence-electron chi connectivity index (χ3n) is 1.38. The quantitative estimate of drug-likeness (QED) is 0.583. The standard InChI is InChI=1S/C8H6N2O2/c9-3-4-10-5-7(6-11)1-2-8(10)12/h1-2,5-6H,4H2. The minimum atomic E-state index is -0.276. The van der Waals surface area contributed by atoms with Crippen LogP contribution in [0.4, 0.5) is 0 Å². The number of carbonyl (C=O) groups excluding carboxylic acids is 1. The van der Waals surface area contributed by atoms with Gasteiger partial charge in [0.1, 0.15) is 6.54 Å². The van der Waals surface area contributed by atoms with Crippen molar-refractivity contribution in [1.82, 2.24) is 4.57 Å². The van der Waals surface area contributed by atoms with Gasteiger partial charge in [0, 0.05) is 17.8 Å². The predicted octanol–water partition coefficient (Wildman–Crippen LogP) is 0.184. The number of nitriles is 1. The van der Waals surface area contributed by atoms with Crippen LogP contribution in [-0.2, 0) is 6.54 Å². The Morgan fingerprint density at radius 2 is 2.33 bits per heavy atom. The van der Waals surface area contributed by atoms with Gasteiger partial charge in [-0.3, -0.25) is 9.59 Å². The van der Waals surface area contributed by atoms with Crippen LogP contribution in [0.3, 0.4) is 0 Å². The van der Waals surface area contributed by atoms with E-state index in [2.05, 4.69) is 0 Å². The fraction of sp³-hybridized carbons (Fsp3) is 0.125. The van der Waals surface area contributed by atoms with Crippen molar-refractivity contribution in [3.05, 3.63) is 34.2 Å². The second kappa shape index (κ2) is 3.49. The summed E-state index contributed by atoms with van der Waals surface area (Å²) in [4.78, 5) is 21.2. The average molecular weight is 162 g/mol. The lowest BCUT2D eigenvalue weighted by Crippen LogP contribution is -2.18. The van der Waals surface area contributed by atoms with E-state index >= 15 is 0 Å². The summed E-state index contributed by atoms with van der Waals surface area (Å²) in [6, 6.07) is 4.51. The average Bonchev–Trinajstić information content (AvgIpc) is 2.09.